The Bertz CT molecular complexity index is 2020. The summed E-state index contributed by atoms with van der Waals surface area (Å²) in [4.78, 5) is 0. The molecular weight excluding hydrogens is 645 g/mol. The Morgan fingerprint density at radius 1 is 0.471 bits per heavy atom. The molecule has 0 spiro atoms. The van der Waals surface area contributed by atoms with Gasteiger partial charge in [-0.1, -0.05) is 109 Å². The van der Waals surface area contributed by atoms with Crippen molar-refractivity contribution in [2.45, 2.75) is 10.5 Å². The normalized spacial score (nSPS) is 12.6. The highest BCUT2D eigenvalue weighted by atomic mass is 32.2. The number of hydrogen-bond donors (Lipinski definition) is 0. The van der Waals surface area contributed by atoms with Gasteiger partial charge in [-0.15, -0.1) is 11.8 Å². The van der Waals surface area contributed by atoms with Gasteiger partial charge in [0.2, 0.25) is 0 Å². The van der Waals surface area contributed by atoms with E-state index >= 15 is 0 Å². The average molecular weight is 681 g/mol. The van der Waals surface area contributed by atoms with Crippen LogP contribution in [-0.4, -0.2) is 14.2 Å². The van der Waals surface area contributed by atoms with Crippen LogP contribution in [0.3, 0.4) is 0 Å². The molecule has 0 heterocycles. The second-order valence-corrected chi connectivity index (χ2v) is 13.1. The number of benzene rings is 6. The van der Waals surface area contributed by atoms with E-state index in [4.69, 9.17) is 9.47 Å². The molecule has 0 aromatic heterocycles. The van der Waals surface area contributed by atoms with Gasteiger partial charge in [0, 0.05) is 0 Å². The molecule has 0 fully saturated rings. The molecule has 2 unspecified atom stereocenters. The Hall–Kier alpha value is -6.27. The fourth-order valence-electron chi connectivity index (χ4n) is 5.86. The predicted octanol–water partition coefficient (Wildman–Crippen LogP) is 11.4. The molecule has 5 heteroatoms. The third-order valence-corrected chi connectivity index (χ3v) is 10.3. The highest BCUT2D eigenvalue weighted by molar-refractivity contribution is 8.00. The van der Waals surface area contributed by atoms with E-state index in [-0.39, 0.29) is 10.5 Å². The predicted molar refractivity (Wildman–Crippen MR) is 210 cm³/mol. The SMILES string of the molecule is COc1ccc(C(C#N)=Cc2ccc(C(SC(c3ccccc3)c3ccc(C=C(C#N)c4ccc(OC)cc4)cc3)c3ccccc3)cc2)cc1. The molecule has 0 saturated heterocycles. The van der Waals surface area contributed by atoms with Crippen molar-refractivity contribution >= 4 is 35.1 Å². The van der Waals surface area contributed by atoms with Gasteiger partial charge in [-0.2, -0.15) is 10.5 Å². The van der Waals surface area contributed by atoms with E-state index in [1.807, 2.05) is 84.6 Å². The topological polar surface area (TPSA) is 66.0 Å². The Labute approximate surface area is 304 Å². The summed E-state index contributed by atoms with van der Waals surface area (Å²) in [5, 5.41) is 20.0. The van der Waals surface area contributed by atoms with Crippen molar-refractivity contribution in [1.29, 1.82) is 10.5 Å². The summed E-state index contributed by atoms with van der Waals surface area (Å²) in [6.07, 6.45) is 3.84. The first-order valence-corrected chi connectivity index (χ1v) is 17.5. The zero-order valence-corrected chi connectivity index (χ0v) is 29.3. The molecule has 6 aromatic rings. The van der Waals surface area contributed by atoms with Crippen molar-refractivity contribution in [3.63, 3.8) is 0 Å². The number of thioether (sulfide) groups is 1. The van der Waals surface area contributed by atoms with Crippen LogP contribution < -0.4 is 9.47 Å². The second kappa shape index (κ2) is 16.9. The van der Waals surface area contributed by atoms with E-state index in [1.165, 1.54) is 22.3 Å². The molecule has 6 rings (SSSR count). The molecule has 0 amide bonds. The van der Waals surface area contributed by atoms with Gasteiger partial charge in [-0.25, -0.2) is 0 Å². The van der Waals surface area contributed by atoms with Crippen molar-refractivity contribution in [2.24, 2.45) is 0 Å². The molecular formula is C46H36N2O2S. The molecule has 0 aliphatic carbocycles. The molecule has 248 valence electrons. The molecule has 51 heavy (non-hydrogen) atoms. The molecule has 4 nitrogen and oxygen atoms in total. The number of ether oxygens (including phenoxy) is 2. The minimum atomic E-state index is 0.0336. The summed E-state index contributed by atoms with van der Waals surface area (Å²) in [5.41, 5.74) is 9.54. The van der Waals surface area contributed by atoms with Crippen LogP contribution in [0.25, 0.3) is 23.3 Å². The summed E-state index contributed by atoms with van der Waals surface area (Å²) < 4.78 is 10.6. The third kappa shape index (κ3) is 8.67. The van der Waals surface area contributed by atoms with Crippen LogP contribution in [0, 0.1) is 22.7 Å². The minimum absolute atomic E-state index is 0.0336. The van der Waals surface area contributed by atoms with Crippen molar-refractivity contribution in [3.8, 4) is 23.6 Å². The van der Waals surface area contributed by atoms with E-state index in [2.05, 4.69) is 109 Å². The maximum Gasteiger partial charge on any atom is 0.118 e. The number of methoxy groups -OCH3 is 2. The number of nitrogens with zero attached hydrogens (tertiary/aromatic N) is 2. The van der Waals surface area contributed by atoms with Crippen molar-refractivity contribution < 1.29 is 9.47 Å². The maximum atomic E-state index is 9.94. The zero-order chi connectivity index (χ0) is 35.4. The standard InChI is InChI=1S/C46H36N2O2S/c1-49-43-25-21-35(22-26-43)41(31-47)29-33-13-17-39(18-14-33)45(37-9-5-3-6-10-37)51-46(38-11-7-4-8-12-38)40-19-15-34(16-20-40)30-42(32-48)36-23-27-44(50-2)28-24-36/h3-30,45-46H,1-2H3. The van der Waals surface area contributed by atoms with E-state index in [0.717, 1.165) is 33.8 Å². The summed E-state index contributed by atoms with van der Waals surface area (Å²) >= 11 is 1.89. The zero-order valence-electron chi connectivity index (χ0n) is 28.4. The van der Waals surface area contributed by atoms with Crippen LogP contribution in [0.15, 0.2) is 158 Å². The Morgan fingerprint density at radius 2 is 0.804 bits per heavy atom. The molecule has 2 atom stereocenters. The molecule has 0 aliphatic heterocycles. The molecule has 0 aliphatic rings. The van der Waals surface area contributed by atoms with Crippen LogP contribution in [0.5, 0.6) is 11.5 Å². The fourth-order valence-corrected chi connectivity index (χ4v) is 7.39. The van der Waals surface area contributed by atoms with Crippen LogP contribution in [-0.2, 0) is 0 Å². The first kappa shape index (κ1) is 34.6. The lowest BCUT2D eigenvalue weighted by Gasteiger charge is -2.25. The minimum Gasteiger partial charge on any atom is -0.497 e. The quantitative estimate of drug-likeness (QED) is 0.0951. The number of allylic oxidation sites excluding steroid dienone is 2. The van der Waals surface area contributed by atoms with Gasteiger partial charge >= 0.3 is 0 Å². The number of hydrogen-bond acceptors (Lipinski definition) is 5. The summed E-state index contributed by atoms with van der Waals surface area (Å²) in [6.45, 7) is 0. The summed E-state index contributed by atoms with van der Waals surface area (Å²) in [6, 6.07) is 57.9. The first-order chi connectivity index (χ1) is 25.1. The van der Waals surface area contributed by atoms with Gasteiger partial charge in [-0.3, -0.25) is 0 Å². The van der Waals surface area contributed by atoms with Crippen LogP contribution in [0.2, 0.25) is 0 Å². The molecule has 0 radical (unpaired) electrons. The van der Waals surface area contributed by atoms with Crippen LogP contribution >= 0.6 is 11.8 Å². The van der Waals surface area contributed by atoms with E-state index in [1.54, 1.807) is 14.2 Å². The van der Waals surface area contributed by atoms with Crippen LogP contribution in [0.1, 0.15) is 55.0 Å². The Balaban J connectivity index is 1.31. The molecule has 0 bridgehead atoms. The van der Waals surface area contributed by atoms with Crippen molar-refractivity contribution in [2.75, 3.05) is 14.2 Å². The smallest absolute Gasteiger partial charge is 0.118 e. The highest BCUT2D eigenvalue weighted by Gasteiger charge is 2.23. The van der Waals surface area contributed by atoms with Crippen molar-refractivity contribution in [1.82, 2.24) is 0 Å². The Kier molecular flexibility index (Phi) is 11.5. The number of nitriles is 2. The largest absolute Gasteiger partial charge is 0.497 e. The third-order valence-electron chi connectivity index (χ3n) is 8.62. The van der Waals surface area contributed by atoms with Gasteiger partial charge in [0.25, 0.3) is 0 Å². The molecule has 0 saturated carbocycles. The monoisotopic (exact) mass is 680 g/mol. The van der Waals surface area contributed by atoms with E-state index in [9.17, 15) is 10.5 Å². The average Bonchev–Trinajstić information content (AvgIpc) is 3.21. The van der Waals surface area contributed by atoms with Gasteiger partial charge in [-0.05, 0) is 105 Å². The second-order valence-electron chi connectivity index (χ2n) is 11.8. The Morgan fingerprint density at radius 3 is 1.12 bits per heavy atom. The van der Waals surface area contributed by atoms with Gasteiger partial charge in [0.05, 0.1) is 48.0 Å². The van der Waals surface area contributed by atoms with Crippen molar-refractivity contribution in [3.05, 3.63) is 202 Å². The molecule has 0 N–H and O–H groups in total. The maximum absolute atomic E-state index is 9.94. The highest BCUT2D eigenvalue weighted by Crippen LogP contribution is 2.47. The summed E-state index contributed by atoms with van der Waals surface area (Å²) in [7, 11) is 3.26. The van der Waals surface area contributed by atoms with E-state index < -0.39 is 0 Å². The lowest BCUT2D eigenvalue weighted by atomic mass is 10.00. The molecule has 6 aromatic carbocycles. The lowest BCUT2D eigenvalue weighted by molar-refractivity contribution is 0.414. The van der Waals surface area contributed by atoms with E-state index in [0.29, 0.717) is 11.1 Å². The van der Waals surface area contributed by atoms with Crippen LogP contribution in [0.4, 0.5) is 0 Å². The summed E-state index contributed by atoms with van der Waals surface area (Å²) in [5.74, 6) is 1.51. The van der Waals surface area contributed by atoms with Gasteiger partial charge in [0.15, 0.2) is 0 Å². The lowest BCUT2D eigenvalue weighted by Crippen LogP contribution is -2.04. The van der Waals surface area contributed by atoms with Gasteiger partial charge in [0.1, 0.15) is 11.5 Å². The van der Waals surface area contributed by atoms with Gasteiger partial charge < -0.3 is 9.47 Å². The first-order valence-electron chi connectivity index (χ1n) is 16.6. The fraction of sp³-hybridized carbons (Fsp3) is 0.0870. The number of rotatable bonds is 12.